The average Bonchev–Trinajstić information content (AvgIpc) is 3.03. The molecule has 0 aliphatic rings. The highest BCUT2D eigenvalue weighted by Crippen LogP contribution is 2.18. The lowest BCUT2D eigenvalue weighted by atomic mass is 10.2. The number of sulfone groups is 1. The molecule has 0 atom stereocenters. The van der Waals surface area contributed by atoms with Crippen molar-refractivity contribution in [3.63, 3.8) is 0 Å². The zero-order valence-corrected chi connectivity index (χ0v) is 13.5. The third kappa shape index (κ3) is 3.65. The van der Waals surface area contributed by atoms with Crippen LogP contribution in [-0.2, 0) is 16.3 Å². The van der Waals surface area contributed by atoms with E-state index in [1.807, 2.05) is 37.3 Å². The summed E-state index contributed by atoms with van der Waals surface area (Å²) in [6.45, 7) is 1.92. The van der Waals surface area contributed by atoms with Crippen LogP contribution in [0, 0.1) is 6.92 Å². The number of aryl methyl sites for hydroxylation is 2. The van der Waals surface area contributed by atoms with Crippen LogP contribution in [0.3, 0.4) is 0 Å². The second-order valence-electron chi connectivity index (χ2n) is 5.25. The SMILES string of the molecule is Cc1ccc(S(=O)(=O)CCc2nnc(-c3ccccc3)o2)cc1. The topological polar surface area (TPSA) is 73.1 Å². The smallest absolute Gasteiger partial charge is 0.247 e. The van der Waals surface area contributed by atoms with Crippen LogP contribution >= 0.6 is 0 Å². The summed E-state index contributed by atoms with van der Waals surface area (Å²) in [5.74, 6) is 0.653. The van der Waals surface area contributed by atoms with Crippen LogP contribution < -0.4 is 0 Å². The summed E-state index contributed by atoms with van der Waals surface area (Å²) in [6.07, 6.45) is 0.191. The number of nitrogens with zero attached hydrogens (tertiary/aromatic N) is 2. The molecule has 5 nitrogen and oxygen atoms in total. The number of rotatable bonds is 5. The van der Waals surface area contributed by atoms with Gasteiger partial charge in [-0.25, -0.2) is 8.42 Å². The van der Waals surface area contributed by atoms with Gasteiger partial charge < -0.3 is 4.42 Å². The Morgan fingerprint density at radius 2 is 1.65 bits per heavy atom. The quantitative estimate of drug-likeness (QED) is 0.719. The molecule has 0 saturated heterocycles. The Bertz CT molecular complexity index is 885. The van der Waals surface area contributed by atoms with Gasteiger partial charge >= 0.3 is 0 Å². The third-order valence-corrected chi connectivity index (χ3v) is 5.18. The highest BCUT2D eigenvalue weighted by atomic mass is 32.2. The van der Waals surface area contributed by atoms with Crippen LogP contribution in [0.1, 0.15) is 11.5 Å². The number of aromatic nitrogens is 2. The molecule has 0 N–H and O–H groups in total. The van der Waals surface area contributed by atoms with E-state index >= 15 is 0 Å². The maximum absolute atomic E-state index is 12.3. The first-order valence-corrected chi connectivity index (χ1v) is 8.87. The molecule has 0 amide bonds. The fourth-order valence-corrected chi connectivity index (χ4v) is 3.37. The standard InChI is InChI=1S/C17H16N2O3S/c1-13-7-9-15(10-8-13)23(20,21)12-11-16-18-19-17(22-16)14-5-3-2-4-6-14/h2-10H,11-12H2,1H3. The second kappa shape index (κ2) is 6.34. The van der Waals surface area contributed by atoms with Gasteiger partial charge in [0.05, 0.1) is 10.6 Å². The first-order chi connectivity index (χ1) is 11.0. The van der Waals surface area contributed by atoms with Crippen molar-refractivity contribution in [2.75, 3.05) is 5.75 Å². The fraction of sp³-hybridized carbons (Fsp3) is 0.176. The first-order valence-electron chi connectivity index (χ1n) is 7.22. The van der Waals surface area contributed by atoms with Crippen LogP contribution in [0.15, 0.2) is 63.9 Å². The molecule has 0 aliphatic heterocycles. The van der Waals surface area contributed by atoms with Crippen molar-refractivity contribution in [2.45, 2.75) is 18.2 Å². The molecular weight excluding hydrogens is 312 g/mol. The Morgan fingerprint density at radius 1 is 0.957 bits per heavy atom. The van der Waals surface area contributed by atoms with E-state index < -0.39 is 9.84 Å². The lowest BCUT2D eigenvalue weighted by molar-refractivity contribution is 0.510. The molecule has 3 rings (SSSR count). The Labute approximate surface area is 134 Å². The van der Waals surface area contributed by atoms with Gasteiger partial charge in [-0.2, -0.15) is 0 Å². The molecule has 0 spiro atoms. The van der Waals surface area contributed by atoms with E-state index in [0.717, 1.165) is 11.1 Å². The van der Waals surface area contributed by atoms with Gasteiger partial charge in [0, 0.05) is 12.0 Å². The van der Waals surface area contributed by atoms with Crippen LogP contribution in [0.5, 0.6) is 0 Å². The van der Waals surface area contributed by atoms with E-state index in [4.69, 9.17) is 4.42 Å². The van der Waals surface area contributed by atoms with E-state index in [9.17, 15) is 8.42 Å². The minimum absolute atomic E-state index is 0.0630. The van der Waals surface area contributed by atoms with E-state index in [2.05, 4.69) is 10.2 Å². The summed E-state index contributed by atoms with van der Waals surface area (Å²) in [5.41, 5.74) is 1.83. The maximum Gasteiger partial charge on any atom is 0.247 e. The molecule has 1 aromatic heterocycles. The van der Waals surface area contributed by atoms with Crippen LogP contribution in [0.4, 0.5) is 0 Å². The zero-order chi connectivity index (χ0) is 16.3. The molecule has 0 bridgehead atoms. The molecule has 0 aliphatic carbocycles. The first kappa shape index (κ1) is 15.4. The predicted molar refractivity (Wildman–Crippen MR) is 86.7 cm³/mol. The van der Waals surface area contributed by atoms with Gasteiger partial charge in [0.25, 0.3) is 0 Å². The second-order valence-corrected chi connectivity index (χ2v) is 7.36. The Kier molecular flexibility index (Phi) is 4.25. The molecule has 118 valence electrons. The summed E-state index contributed by atoms with van der Waals surface area (Å²) in [5, 5.41) is 7.88. The molecule has 6 heteroatoms. The largest absolute Gasteiger partial charge is 0.421 e. The van der Waals surface area contributed by atoms with Crippen molar-refractivity contribution in [3.8, 4) is 11.5 Å². The van der Waals surface area contributed by atoms with Crippen LogP contribution in [0.25, 0.3) is 11.5 Å². The fourth-order valence-electron chi connectivity index (χ4n) is 2.14. The van der Waals surface area contributed by atoms with Crippen molar-refractivity contribution in [3.05, 3.63) is 66.1 Å². The molecule has 0 unspecified atom stereocenters. The summed E-state index contributed by atoms with van der Waals surface area (Å²) >= 11 is 0. The molecular formula is C17H16N2O3S. The minimum Gasteiger partial charge on any atom is -0.421 e. The Balaban J connectivity index is 1.71. The van der Waals surface area contributed by atoms with E-state index in [-0.39, 0.29) is 12.2 Å². The van der Waals surface area contributed by atoms with Gasteiger partial charge in [-0.3, -0.25) is 0 Å². The van der Waals surface area contributed by atoms with E-state index in [1.54, 1.807) is 24.3 Å². The van der Waals surface area contributed by atoms with Crippen molar-refractivity contribution in [2.24, 2.45) is 0 Å². The van der Waals surface area contributed by atoms with E-state index in [1.165, 1.54) is 0 Å². The normalized spacial score (nSPS) is 11.5. The Morgan fingerprint density at radius 3 is 2.35 bits per heavy atom. The van der Waals surface area contributed by atoms with Gasteiger partial charge in [0.15, 0.2) is 9.84 Å². The summed E-state index contributed by atoms with van der Waals surface area (Å²) in [4.78, 5) is 0.311. The lowest BCUT2D eigenvalue weighted by Crippen LogP contribution is -2.09. The summed E-state index contributed by atoms with van der Waals surface area (Å²) in [7, 11) is -3.36. The number of hydrogen-bond donors (Lipinski definition) is 0. The van der Waals surface area contributed by atoms with Gasteiger partial charge in [-0.15, -0.1) is 10.2 Å². The summed E-state index contributed by atoms with van der Waals surface area (Å²) in [6, 6.07) is 16.2. The number of hydrogen-bond acceptors (Lipinski definition) is 5. The van der Waals surface area contributed by atoms with E-state index in [0.29, 0.717) is 16.7 Å². The van der Waals surface area contributed by atoms with Crippen LogP contribution in [-0.4, -0.2) is 24.4 Å². The molecule has 1 heterocycles. The molecule has 0 saturated carbocycles. The lowest BCUT2D eigenvalue weighted by Gasteiger charge is -2.03. The molecule has 23 heavy (non-hydrogen) atoms. The molecule has 0 fully saturated rings. The zero-order valence-electron chi connectivity index (χ0n) is 12.6. The van der Waals surface area contributed by atoms with Gasteiger partial charge in [0.1, 0.15) is 0 Å². The third-order valence-electron chi connectivity index (χ3n) is 3.45. The number of benzene rings is 2. The van der Waals surface area contributed by atoms with Crippen molar-refractivity contribution < 1.29 is 12.8 Å². The van der Waals surface area contributed by atoms with Gasteiger partial charge in [-0.1, -0.05) is 35.9 Å². The molecule has 3 aromatic rings. The van der Waals surface area contributed by atoms with Crippen molar-refractivity contribution in [1.82, 2.24) is 10.2 Å². The predicted octanol–water partition coefficient (Wildman–Crippen LogP) is 3.06. The van der Waals surface area contributed by atoms with Crippen molar-refractivity contribution in [1.29, 1.82) is 0 Å². The average molecular weight is 328 g/mol. The maximum atomic E-state index is 12.3. The molecule has 2 aromatic carbocycles. The summed E-state index contributed by atoms with van der Waals surface area (Å²) < 4.78 is 30.1. The van der Waals surface area contributed by atoms with Crippen molar-refractivity contribution >= 4 is 9.84 Å². The minimum atomic E-state index is -3.36. The highest BCUT2D eigenvalue weighted by Gasteiger charge is 2.17. The monoisotopic (exact) mass is 328 g/mol. The Hall–Kier alpha value is -2.47. The highest BCUT2D eigenvalue weighted by molar-refractivity contribution is 7.91. The van der Waals surface area contributed by atoms with Gasteiger partial charge in [0.2, 0.25) is 11.8 Å². The van der Waals surface area contributed by atoms with Gasteiger partial charge in [-0.05, 0) is 31.2 Å². The molecule has 0 radical (unpaired) electrons. The van der Waals surface area contributed by atoms with Crippen LogP contribution in [0.2, 0.25) is 0 Å².